The molecule has 0 aliphatic carbocycles. The smallest absolute Gasteiger partial charge is 0.355 e. The van der Waals surface area contributed by atoms with Crippen molar-refractivity contribution < 1.29 is 0 Å². The largest absolute Gasteiger partial charge is 0.384 e. The van der Waals surface area contributed by atoms with Crippen LogP contribution in [-0.2, 0) is 6.54 Å². The van der Waals surface area contributed by atoms with Crippen molar-refractivity contribution in [3.05, 3.63) is 74.3 Å². The third kappa shape index (κ3) is 4.25. The second kappa shape index (κ2) is 8.74. The third-order valence-electron chi connectivity index (χ3n) is 4.93. The normalized spacial score (nSPS) is 11.3. The molecule has 0 radical (unpaired) electrons. The molecule has 0 bridgehead atoms. The summed E-state index contributed by atoms with van der Waals surface area (Å²) in [6.45, 7) is 2.88. The zero-order chi connectivity index (χ0) is 23.0. The van der Waals surface area contributed by atoms with E-state index in [2.05, 4.69) is 32.1 Å². The summed E-state index contributed by atoms with van der Waals surface area (Å²) < 4.78 is 1.16. The molecule has 0 aliphatic heterocycles. The fraction of sp³-hybridized carbons (Fsp3) is 0.182. The summed E-state index contributed by atoms with van der Waals surface area (Å²) in [5.41, 5.74) is 9.28. The van der Waals surface area contributed by atoms with Crippen LogP contribution in [0.5, 0.6) is 0 Å². The zero-order valence-corrected chi connectivity index (χ0v) is 19.2. The summed E-state index contributed by atoms with van der Waals surface area (Å²) in [4.78, 5) is 27.7. The van der Waals surface area contributed by atoms with Crippen molar-refractivity contribution in [2.75, 3.05) is 25.1 Å². The number of fused-ring (bicyclic) bond motifs is 1. The number of hydrogen-bond acceptors (Lipinski definition) is 7. The number of rotatable bonds is 5. The Kier molecular flexibility index (Phi) is 6.01. The first-order valence-corrected chi connectivity index (χ1v) is 10.5. The van der Waals surface area contributed by atoms with Crippen LogP contribution >= 0.6 is 23.2 Å². The summed E-state index contributed by atoms with van der Waals surface area (Å²) in [5, 5.41) is 4.13. The Balaban J connectivity index is 1.75. The molecule has 32 heavy (non-hydrogen) atoms. The highest BCUT2D eigenvalue weighted by atomic mass is 35.5. The van der Waals surface area contributed by atoms with Gasteiger partial charge in [-0.25, -0.2) is 14.3 Å². The van der Waals surface area contributed by atoms with Gasteiger partial charge in [-0.2, -0.15) is 9.97 Å². The first-order valence-electron chi connectivity index (χ1n) is 9.75. The topological polar surface area (TPSA) is 102 Å². The number of nitrogen functional groups attached to an aromatic ring is 1. The van der Waals surface area contributed by atoms with Crippen molar-refractivity contribution in [2.24, 2.45) is 0 Å². The van der Waals surface area contributed by atoms with Gasteiger partial charge < -0.3 is 16.0 Å². The van der Waals surface area contributed by atoms with Gasteiger partial charge in [0, 0.05) is 18.4 Å². The molecule has 8 nitrogen and oxygen atoms in total. The predicted octanol–water partition coefficient (Wildman–Crippen LogP) is 4.18. The van der Waals surface area contributed by atoms with E-state index in [-0.39, 0.29) is 27.2 Å². The van der Waals surface area contributed by atoms with E-state index < -0.39 is 5.69 Å². The van der Waals surface area contributed by atoms with E-state index >= 15 is 0 Å². The van der Waals surface area contributed by atoms with E-state index in [0.717, 1.165) is 16.8 Å². The summed E-state index contributed by atoms with van der Waals surface area (Å²) in [6.07, 6.45) is 1.52. The first kappa shape index (κ1) is 22.0. The van der Waals surface area contributed by atoms with E-state index in [1.54, 1.807) is 18.2 Å². The zero-order valence-electron chi connectivity index (χ0n) is 17.7. The maximum absolute atomic E-state index is 12.8. The van der Waals surface area contributed by atoms with Gasteiger partial charge in [0.1, 0.15) is 5.82 Å². The highest BCUT2D eigenvalue weighted by molar-refractivity contribution is 6.37. The number of nitrogens with one attached hydrogen (secondary N) is 1. The molecule has 0 fully saturated rings. The fourth-order valence-corrected chi connectivity index (χ4v) is 3.94. The summed E-state index contributed by atoms with van der Waals surface area (Å²) >= 11 is 12.5. The minimum absolute atomic E-state index is 0.102. The van der Waals surface area contributed by atoms with E-state index in [1.807, 2.05) is 32.3 Å². The number of aromatic nitrogens is 4. The van der Waals surface area contributed by atoms with Gasteiger partial charge in [0.05, 0.1) is 21.1 Å². The van der Waals surface area contributed by atoms with Crippen molar-refractivity contribution in [2.45, 2.75) is 13.5 Å². The molecule has 4 aromatic rings. The lowest BCUT2D eigenvalue weighted by atomic mass is 10.1. The van der Waals surface area contributed by atoms with Gasteiger partial charge in [0.2, 0.25) is 5.95 Å². The quantitative estimate of drug-likeness (QED) is 0.451. The Morgan fingerprint density at radius 1 is 1.12 bits per heavy atom. The predicted molar refractivity (Wildman–Crippen MR) is 129 cm³/mol. The van der Waals surface area contributed by atoms with E-state index in [1.165, 1.54) is 17.3 Å². The number of benzene rings is 2. The average Bonchev–Trinajstić information content (AvgIpc) is 2.72. The SMILES string of the molecule is Cc1ccc(Nc2ncc3c(N)n(-c4c(Cl)cccc4Cl)c(=O)nc3n2)cc1CN(C)C. The van der Waals surface area contributed by atoms with Crippen molar-refractivity contribution in [3.63, 3.8) is 0 Å². The lowest BCUT2D eigenvalue weighted by molar-refractivity contribution is 0.401. The van der Waals surface area contributed by atoms with Crippen molar-refractivity contribution in [1.29, 1.82) is 0 Å². The highest BCUT2D eigenvalue weighted by Gasteiger charge is 2.17. The van der Waals surface area contributed by atoms with Crippen LogP contribution in [-0.4, -0.2) is 38.5 Å². The number of hydrogen-bond donors (Lipinski definition) is 2. The molecular formula is C22H21Cl2N7O. The molecular weight excluding hydrogens is 449 g/mol. The average molecular weight is 470 g/mol. The number of anilines is 3. The van der Waals surface area contributed by atoms with E-state index in [4.69, 9.17) is 28.9 Å². The molecule has 2 heterocycles. The van der Waals surface area contributed by atoms with Crippen LogP contribution in [0.15, 0.2) is 47.4 Å². The van der Waals surface area contributed by atoms with Crippen LogP contribution in [0, 0.1) is 6.92 Å². The number of halogens is 2. The second-order valence-corrected chi connectivity index (χ2v) is 8.43. The lowest BCUT2D eigenvalue weighted by Crippen LogP contribution is -2.25. The second-order valence-electron chi connectivity index (χ2n) is 7.62. The molecule has 0 atom stereocenters. The molecule has 0 saturated heterocycles. The standard InChI is InChI=1S/C22H21Cl2N7O/c1-12-7-8-14(9-13(12)11-30(2)3)27-21-26-10-15-19(25)31(22(32)29-20(15)28-21)18-16(23)5-4-6-17(18)24/h4-10H,11,25H2,1-3H3,(H,27,28,29,32). The van der Waals surface area contributed by atoms with Crippen molar-refractivity contribution in [3.8, 4) is 5.69 Å². The summed E-state index contributed by atoms with van der Waals surface area (Å²) in [7, 11) is 4.04. The van der Waals surface area contributed by atoms with Gasteiger partial charge in [0.15, 0.2) is 5.65 Å². The summed E-state index contributed by atoms with van der Waals surface area (Å²) in [6, 6.07) is 10.9. The van der Waals surface area contributed by atoms with Gasteiger partial charge in [0.25, 0.3) is 0 Å². The molecule has 164 valence electrons. The number of aryl methyl sites for hydroxylation is 1. The molecule has 0 aliphatic rings. The maximum Gasteiger partial charge on any atom is 0.355 e. The van der Waals surface area contributed by atoms with E-state index in [0.29, 0.717) is 11.3 Å². The molecule has 2 aromatic carbocycles. The van der Waals surface area contributed by atoms with Crippen LogP contribution in [0.2, 0.25) is 10.0 Å². The van der Waals surface area contributed by atoms with Gasteiger partial charge in [-0.05, 0) is 56.4 Å². The van der Waals surface area contributed by atoms with E-state index in [9.17, 15) is 4.79 Å². The molecule has 0 amide bonds. The minimum atomic E-state index is -0.641. The van der Waals surface area contributed by atoms with Gasteiger partial charge in [-0.3, -0.25) is 0 Å². The Labute approximate surface area is 194 Å². The molecule has 3 N–H and O–H groups in total. The molecule has 10 heteroatoms. The van der Waals surface area contributed by atoms with Crippen LogP contribution in [0.1, 0.15) is 11.1 Å². The van der Waals surface area contributed by atoms with Crippen LogP contribution in [0.25, 0.3) is 16.7 Å². The van der Waals surface area contributed by atoms with Gasteiger partial charge in [-0.1, -0.05) is 35.3 Å². The van der Waals surface area contributed by atoms with Crippen molar-refractivity contribution >= 4 is 51.7 Å². The van der Waals surface area contributed by atoms with Crippen LogP contribution in [0.3, 0.4) is 0 Å². The molecule has 0 spiro atoms. The highest BCUT2D eigenvalue weighted by Crippen LogP contribution is 2.30. The Hall–Kier alpha value is -3.20. The number of nitrogens with two attached hydrogens (primary N) is 1. The van der Waals surface area contributed by atoms with Gasteiger partial charge >= 0.3 is 5.69 Å². The van der Waals surface area contributed by atoms with Crippen molar-refractivity contribution in [1.82, 2.24) is 24.4 Å². The molecule has 4 rings (SSSR count). The fourth-order valence-electron chi connectivity index (χ4n) is 3.37. The Morgan fingerprint density at radius 2 is 1.84 bits per heavy atom. The Morgan fingerprint density at radius 3 is 2.53 bits per heavy atom. The maximum atomic E-state index is 12.8. The molecule has 2 aromatic heterocycles. The number of para-hydroxylation sites is 1. The molecule has 0 unspecified atom stereocenters. The Bertz CT molecular complexity index is 1360. The van der Waals surface area contributed by atoms with Crippen LogP contribution < -0.4 is 16.7 Å². The number of nitrogens with zero attached hydrogens (tertiary/aromatic N) is 5. The first-order chi connectivity index (χ1) is 15.2. The third-order valence-corrected chi connectivity index (χ3v) is 5.54. The summed E-state index contributed by atoms with van der Waals surface area (Å²) in [5.74, 6) is 0.405. The van der Waals surface area contributed by atoms with Crippen LogP contribution in [0.4, 0.5) is 17.5 Å². The minimum Gasteiger partial charge on any atom is -0.384 e. The lowest BCUT2D eigenvalue weighted by Gasteiger charge is -2.15. The van der Waals surface area contributed by atoms with Gasteiger partial charge in [-0.15, -0.1) is 0 Å². The molecule has 0 saturated carbocycles. The monoisotopic (exact) mass is 469 g/mol.